The molecule has 0 aromatic carbocycles. The van der Waals surface area contributed by atoms with E-state index >= 15 is 0 Å². The molecule has 0 saturated carbocycles. The predicted octanol–water partition coefficient (Wildman–Crippen LogP) is 2.61. The molecule has 2 rings (SSSR count). The van der Waals surface area contributed by atoms with Crippen molar-refractivity contribution in [1.29, 1.82) is 0 Å². The molecule has 2 heterocycles. The molecule has 0 atom stereocenters. The van der Waals surface area contributed by atoms with Gasteiger partial charge in [-0.1, -0.05) is 13.8 Å². The molecule has 18 heavy (non-hydrogen) atoms. The SMILES string of the molecule is CCCNCc1csc(-c2cn(C)nc2CC)n1. The van der Waals surface area contributed by atoms with Gasteiger partial charge in [-0.05, 0) is 19.4 Å². The maximum atomic E-state index is 4.68. The lowest BCUT2D eigenvalue weighted by Gasteiger charge is -1.98. The summed E-state index contributed by atoms with van der Waals surface area (Å²) in [5, 5.41) is 11.0. The zero-order valence-electron chi connectivity index (χ0n) is 11.2. The summed E-state index contributed by atoms with van der Waals surface area (Å²) in [6.07, 6.45) is 4.15. The standard InChI is InChI=1S/C13H20N4S/c1-4-6-14-7-10-9-18-13(15-10)11-8-17(3)16-12(11)5-2/h8-9,14H,4-7H2,1-3H3. The Morgan fingerprint density at radius 1 is 1.39 bits per heavy atom. The van der Waals surface area contributed by atoms with Crippen LogP contribution in [-0.2, 0) is 20.0 Å². The van der Waals surface area contributed by atoms with Crippen LogP contribution in [-0.4, -0.2) is 21.3 Å². The van der Waals surface area contributed by atoms with E-state index in [1.54, 1.807) is 11.3 Å². The van der Waals surface area contributed by atoms with Gasteiger partial charge in [0.25, 0.3) is 0 Å². The van der Waals surface area contributed by atoms with Gasteiger partial charge in [0.1, 0.15) is 5.01 Å². The first-order valence-electron chi connectivity index (χ1n) is 6.42. The lowest BCUT2D eigenvalue weighted by Crippen LogP contribution is -2.13. The quantitative estimate of drug-likeness (QED) is 0.816. The summed E-state index contributed by atoms with van der Waals surface area (Å²) in [6, 6.07) is 0. The fourth-order valence-electron chi connectivity index (χ4n) is 1.88. The maximum Gasteiger partial charge on any atom is 0.127 e. The zero-order valence-corrected chi connectivity index (χ0v) is 12.0. The van der Waals surface area contributed by atoms with Gasteiger partial charge in [0, 0.05) is 25.2 Å². The predicted molar refractivity (Wildman–Crippen MR) is 75.7 cm³/mol. The van der Waals surface area contributed by atoms with Gasteiger partial charge in [-0.25, -0.2) is 4.98 Å². The van der Waals surface area contributed by atoms with Gasteiger partial charge in [0.15, 0.2) is 0 Å². The molecule has 0 amide bonds. The van der Waals surface area contributed by atoms with Crippen molar-refractivity contribution >= 4 is 11.3 Å². The van der Waals surface area contributed by atoms with Crippen LogP contribution in [0, 0.1) is 0 Å². The summed E-state index contributed by atoms with van der Waals surface area (Å²) in [5.74, 6) is 0. The van der Waals surface area contributed by atoms with E-state index in [-0.39, 0.29) is 0 Å². The number of aromatic nitrogens is 3. The van der Waals surface area contributed by atoms with Gasteiger partial charge in [0.2, 0.25) is 0 Å². The second kappa shape index (κ2) is 6.11. The fourth-order valence-corrected chi connectivity index (χ4v) is 2.73. The molecule has 0 aliphatic carbocycles. The van der Waals surface area contributed by atoms with Crippen LogP contribution in [0.4, 0.5) is 0 Å². The molecule has 0 aliphatic heterocycles. The Kier molecular flexibility index (Phi) is 4.49. The third-order valence-corrected chi connectivity index (χ3v) is 3.68. The van der Waals surface area contributed by atoms with Crippen LogP contribution in [0.3, 0.4) is 0 Å². The van der Waals surface area contributed by atoms with E-state index in [4.69, 9.17) is 0 Å². The van der Waals surface area contributed by atoms with Crippen LogP contribution >= 0.6 is 11.3 Å². The maximum absolute atomic E-state index is 4.68. The minimum Gasteiger partial charge on any atom is -0.311 e. The van der Waals surface area contributed by atoms with Crippen molar-refractivity contribution in [2.75, 3.05) is 6.54 Å². The summed E-state index contributed by atoms with van der Waals surface area (Å²) in [5.41, 5.74) is 3.42. The number of hydrogen-bond acceptors (Lipinski definition) is 4. The summed E-state index contributed by atoms with van der Waals surface area (Å²) in [7, 11) is 1.96. The second-order valence-corrected chi connectivity index (χ2v) is 5.20. The Bertz CT molecular complexity index is 501. The molecule has 2 aromatic heterocycles. The number of nitrogens with zero attached hydrogens (tertiary/aromatic N) is 3. The van der Waals surface area contributed by atoms with Crippen LogP contribution in [0.15, 0.2) is 11.6 Å². The van der Waals surface area contributed by atoms with Gasteiger partial charge in [-0.2, -0.15) is 5.10 Å². The van der Waals surface area contributed by atoms with E-state index in [0.29, 0.717) is 0 Å². The summed E-state index contributed by atoms with van der Waals surface area (Å²) in [6.45, 7) is 6.19. The van der Waals surface area contributed by atoms with Crippen LogP contribution in [0.2, 0.25) is 0 Å². The normalized spacial score (nSPS) is 11.1. The van der Waals surface area contributed by atoms with E-state index in [2.05, 4.69) is 40.8 Å². The molecular formula is C13H20N4S. The van der Waals surface area contributed by atoms with Crippen molar-refractivity contribution in [2.45, 2.75) is 33.2 Å². The Balaban J connectivity index is 2.13. The summed E-state index contributed by atoms with van der Waals surface area (Å²) in [4.78, 5) is 4.68. The number of thiazole rings is 1. The van der Waals surface area contributed by atoms with Gasteiger partial charge in [0.05, 0.1) is 17.0 Å². The lowest BCUT2D eigenvalue weighted by atomic mass is 10.2. The minimum atomic E-state index is 0.853. The average molecular weight is 264 g/mol. The molecular weight excluding hydrogens is 244 g/mol. The van der Waals surface area contributed by atoms with Gasteiger partial charge >= 0.3 is 0 Å². The van der Waals surface area contributed by atoms with E-state index in [1.807, 2.05) is 11.7 Å². The van der Waals surface area contributed by atoms with Crippen LogP contribution in [0.25, 0.3) is 10.6 Å². The van der Waals surface area contributed by atoms with Crippen molar-refractivity contribution in [1.82, 2.24) is 20.1 Å². The molecule has 0 unspecified atom stereocenters. The van der Waals surface area contributed by atoms with E-state index in [0.717, 1.165) is 42.3 Å². The number of nitrogens with one attached hydrogen (secondary N) is 1. The molecule has 0 aliphatic rings. The smallest absolute Gasteiger partial charge is 0.127 e. The topological polar surface area (TPSA) is 42.7 Å². The summed E-state index contributed by atoms with van der Waals surface area (Å²) < 4.78 is 1.87. The van der Waals surface area contributed by atoms with Gasteiger partial charge in [-0.15, -0.1) is 11.3 Å². The molecule has 0 saturated heterocycles. The van der Waals surface area contributed by atoms with Gasteiger partial charge in [-0.3, -0.25) is 4.68 Å². The molecule has 5 heteroatoms. The molecule has 0 spiro atoms. The molecule has 0 fully saturated rings. The molecule has 98 valence electrons. The van der Waals surface area contributed by atoms with Crippen molar-refractivity contribution < 1.29 is 0 Å². The lowest BCUT2D eigenvalue weighted by molar-refractivity contribution is 0.667. The highest BCUT2D eigenvalue weighted by molar-refractivity contribution is 7.13. The Morgan fingerprint density at radius 3 is 2.94 bits per heavy atom. The Hall–Kier alpha value is -1.20. The van der Waals surface area contributed by atoms with Crippen molar-refractivity contribution in [3.05, 3.63) is 23.0 Å². The highest BCUT2D eigenvalue weighted by atomic mass is 32.1. The first kappa shape index (κ1) is 13.2. The first-order valence-corrected chi connectivity index (χ1v) is 7.30. The minimum absolute atomic E-state index is 0.853. The molecule has 4 nitrogen and oxygen atoms in total. The number of hydrogen-bond donors (Lipinski definition) is 1. The number of rotatable bonds is 6. The average Bonchev–Trinajstić information content (AvgIpc) is 2.95. The number of aryl methyl sites for hydroxylation is 2. The molecule has 0 bridgehead atoms. The molecule has 1 N–H and O–H groups in total. The highest BCUT2D eigenvalue weighted by Gasteiger charge is 2.12. The second-order valence-electron chi connectivity index (χ2n) is 4.34. The van der Waals surface area contributed by atoms with Crippen LogP contribution < -0.4 is 5.32 Å². The highest BCUT2D eigenvalue weighted by Crippen LogP contribution is 2.26. The molecule has 2 aromatic rings. The third kappa shape index (κ3) is 2.97. The Labute approximate surface area is 112 Å². The molecule has 0 radical (unpaired) electrons. The van der Waals surface area contributed by atoms with Crippen molar-refractivity contribution in [2.24, 2.45) is 7.05 Å². The fraction of sp³-hybridized carbons (Fsp3) is 0.538. The van der Waals surface area contributed by atoms with E-state index in [9.17, 15) is 0 Å². The largest absolute Gasteiger partial charge is 0.311 e. The van der Waals surface area contributed by atoms with Crippen molar-refractivity contribution in [3.63, 3.8) is 0 Å². The zero-order chi connectivity index (χ0) is 13.0. The van der Waals surface area contributed by atoms with Crippen LogP contribution in [0.5, 0.6) is 0 Å². The monoisotopic (exact) mass is 264 g/mol. The Morgan fingerprint density at radius 2 is 2.22 bits per heavy atom. The third-order valence-electron chi connectivity index (χ3n) is 2.76. The van der Waals surface area contributed by atoms with E-state index in [1.165, 1.54) is 5.56 Å². The van der Waals surface area contributed by atoms with Gasteiger partial charge < -0.3 is 5.32 Å². The van der Waals surface area contributed by atoms with Crippen LogP contribution in [0.1, 0.15) is 31.7 Å². The van der Waals surface area contributed by atoms with Crippen molar-refractivity contribution in [3.8, 4) is 10.6 Å². The summed E-state index contributed by atoms with van der Waals surface area (Å²) >= 11 is 1.70. The van der Waals surface area contributed by atoms with E-state index < -0.39 is 0 Å². The first-order chi connectivity index (χ1) is 8.74.